The van der Waals surface area contributed by atoms with E-state index in [-0.39, 0.29) is 5.57 Å². The first-order valence-electron chi connectivity index (χ1n) is 5.89. The van der Waals surface area contributed by atoms with Crippen molar-refractivity contribution in [1.29, 1.82) is 5.26 Å². The van der Waals surface area contributed by atoms with Crippen LogP contribution in [-0.4, -0.2) is 26.7 Å². The van der Waals surface area contributed by atoms with Gasteiger partial charge in [0.1, 0.15) is 23.1 Å². The summed E-state index contributed by atoms with van der Waals surface area (Å²) in [7, 11) is 3.06. The van der Waals surface area contributed by atoms with Crippen LogP contribution in [0.3, 0.4) is 0 Å². The second kappa shape index (κ2) is 7.64. The number of nitriles is 1. The van der Waals surface area contributed by atoms with Gasteiger partial charge in [-0.05, 0) is 18.2 Å². The Balaban J connectivity index is 3.09. The Hall–Kier alpha value is -2.74. The Morgan fingerprint density at radius 1 is 1.45 bits per heavy atom. The lowest BCUT2D eigenvalue weighted by molar-refractivity contribution is -0.116. The average molecular weight is 272 g/mol. The highest BCUT2D eigenvalue weighted by Crippen LogP contribution is 2.26. The van der Waals surface area contributed by atoms with E-state index in [1.807, 2.05) is 6.07 Å². The smallest absolute Gasteiger partial charge is 0.262 e. The summed E-state index contributed by atoms with van der Waals surface area (Å²) >= 11 is 0. The van der Waals surface area contributed by atoms with Crippen LogP contribution in [0.2, 0.25) is 0 Å². The number of ether oxygens (including phenoxy) is 2. The molecule has 0 radical (unpaired) electrons. The van der Waals surface area contributed by atoms with Crippen molar-refractivity contribution >= 4 is 12.0 Å². The molecule has 1 rings (SSSR count). The molecule has 0 aliphatic carbocycles. The molecule has 0 aliphatic rings. The summed E-state index contributed by atoms with van der Waals surface area (Å²) in [6.45, 7) is 3.80. The monoisotopic (exact) mass is 272 g/mol. The maximum atomic E-state index is 11.7. The molecule has 0 fully saturated rings. The molecule has 0 aliphatic heterocycles. The number of rotatable bonds is 6. The van der Waals surface area contributed by atoms with Gasteiger partial charge in [0.25, 0.3) is 5.91 Å². The zero-order chi connectivity index (χ0) is 15.0. The molecule has 104 valence electrons. The fourth-order valence-corrected chi connectivity index (χ4v) is 1.50. The van der Waals surface area contributed by atoms with Gasteiger partial charge in [-0.3, -0.25) is 4.79 Å². The minimum atomic E-state index is -0.453. The highest BCUT2D eigenvalue weighted by atomic mass is 16.5. The maximum Gasteiger partial charge on any atom is 0.262 e. The number of benzene rings is 1. The molecule has 1 amide bonds. The van der Waals surface area contributed by atoms with Crippen LogP contribution in [0, 0.1) is 11.3 Å². The highest BCUT2D eigenvalue weighted by Gasteiger charge is 2.10. The number of carbonyl (C=O) groups is 1. The second-order valence-electron chi connectivity index (χ2n) is 3.78. The quantitative estimate of drug-likeness (QED) is 0.488. The van der Waals surface area contributed by atoms with Crippen molar-refractivity contribution in [3.8, 4) is 17.6 Å². The molecule has 0 heterocycles. The minimum absolute atomic E-state index is 0.00434. The molecule has 1 aromatic rings. The predicted molar refractivity (Wildman–Crippen MR) is 76.3 cm³/mol. The number of nitrogens with one attached hydrogen (secondary N) is 1. The largest absolute Gasteiger partial charge is 0.497 e. The van der Waals surface area contributed by atoms with E-state index in [0.717, 1.165) is 0 Å². The zero-order valence-electron chi connectivity index (χ0n) is 11.5. The number of carbonyl (C=O) groups excluding carboxylic acids is 1. The molecule has 0 aromatic heterocycles. The molecular weight excluding hydrogens is 256 g/mol. The van der Waals surface area contributed by atoms with Gasteiger partial charge in [-0.2, -0.15) is 5.26 Å². The molecule has 0 saturated heterocycles. The minimum Gasteiger partial charge on any atom is -0.497 e. The molecule has 0 saturated carbocycles. The molecule has 5 heteroatoms. The molecule has 0 bridgehead atoms. The van der Waals surface area contributed by atoms with Gasteiger partial charge >= 0.3 is 0 Å². The van der Waals surface area contributed by atoms with Crippen molar-refractivity contribution in [2.24, 2.45) is 0 Å². The van der Waals surface area contributed by atoms with E-state index in [0.29, 0.717) is 23.6 Å². The number of hydrogen-bond acceptors (Lipinski definition) is 4. The van der Waals surface area contributed by atoms with Gasteiger partial charge in [-0.25, -0.2) is 0 Å². The summed E-state index contributed by atoms with van der Waals surface area (Å²) in [5, 5.41) is 11.6. The summed E-state index contributed by atoms with van der Waals surface area (Å²) in [6, 6.07) is 7.00. The van der Waals surface area contributed by atoms with Gasteiger partial charge in [-0.15, -0.1) is 6.58 Å². The van der Waals surface area contributed by atoms with Gasteiger partial charge in [0.05, 0.1) is 14.2 Å². The average Bonchev–Trinajstić information content (AvgIpc) is 2.50. The fraction of sp³-hybridized carbons (Fsp3) is 0.200. The third-order valence-corrected chi connectivity index (χ3v) is 2.51. The molecule has 0 atom stereocenters. The maximum absolute atomic E-state index is 11.7. The van der Waals surface area contributed by atoms with Crippen molar-refractivity contribution in [3.63, 3.8) is 0 Å². The summed E-state index contributed by atoms with van der Waals surface area (Å²) in [5.74, 6) is 0.701. The lowest BCUT2D eigenvalue weighted by atomic mass is 10.1. The topological polar surface area (TPSA) is 71.4 Å². The standard InChI is InChI=1S/C15H16N2O3/c1-4-7-17-15(18)12(10-16)8-11-5-6-13(19-2)9-14(11)20-3/h4-6,8-9H,1,7H2,2-3H3,(H,17,18). The number of hydrogen-bond donors (Lipinski definition) is 1. The summed E-state index contributed by atoms with van der Waals surface area (Å²) < 4.78 is 10.3. The van der Waals surface area contributed by atoms with Crippen LogP contribution in [0.15, 0.2) is 36.4 Å². The Morgan fingerprint density at radius 3 is 2.75 bits per heavy atom. The van der Waals surface area contributed by atoms with E-state index >= 15 is 0 Å². The van der Waals surface area contributed by atoms with E-state index in [1.54, 1.807) is 31.4 Å². The molecule has 0 unspecified atom stereocenters. The molecule has 1 aromatic carbocycles. The van der Waals surface area contributed by atoms with Crippen LogP contribution in [0.25, 0.3) is 6.08 Å². The second-order valence-corrected chi connectivity index (χ2v) is 3.78. The summed E-state index contributed by atoms with van der Waals surface area (Å²) in [6.07, 6.45) is 3.01. The van der Waals surface area contributed by atoms with Crippen LogP contribution in [0.4, 0.5) is 0 Å². The third-order valence-electron chi connectivity index (χ3n) is 2.51. The molecule has 1 N–H and O–H groups in total. The molecule has 20 heavy (non-hydrogen) atoms. The van der Waals surface area contributed by atoms with Gasteiger partial charge < -0.3 is 14.8 Å². The summed E-state index contributed by atoms with van der Waals surface area (Å²) in [4.78, 5) is 11.7. The predicted octanol–water partition coefficient (Wildman–Crippen LogP) is 1.91. The number of amides is 1. The van der Waals surface area contributed by atoms with E-state index in [1.165, 1.54) is 13.2 Å². The Bertz CT molecular complexity index is 571. The van der Waals surface area contributed by atoms with Crippen molar-refractivity contribution < 1.29 is 14.3 Å². The number of nitrogens with zero attached hydrogens (tertiary/aromatic N) is 1. The van der Waals surface area contributed by atoms with Crippen LogP contribution < -0.4 is 14.8 Å². The van der Waals surface area contributed by atoms with Gasteiger partial charge in [0.2, 0.25) is 0 Å². The normalized spacial score (nSPS) is 10.3. The third kappa shape index (κ3) is 3.89. The zero-order valence-corrected chi connectivity index (χ0v) is 11.5. The van der Waals surface area contributed by atoms with Crippen LogP contribution >= 0.6 is 0 Å². The molecule has 5 nitrogen and oxygen atoms in total. The van der Waals surface area contributed by atoms with Gasteiger partial charge in [-0.1, -0.05) is 6.08 Å². The van der Waals surface area contributed by atoms with Crippen LogP contribution in [-0.2, 0) is 4.79 Å². The van der Waals surface area contributed by atoms with Crippen LogP contribution in [0.1, 0.15) is 5.56 Å². The van der Waals surface area contributed by atoms with Crippen molar-refractivity contribution in [3.05, 3.63) is 42.0 Å². The van der Waals surface area contributed by atoms with E-state index < -0.39 is 5.91 Å². The first-order valence-corrected chi connectivity index (χ1v) is 5.89. The van der Waals surface area contributed by atoms with E-state index in [4.69, 9.17) is 14.7 Å². The highest BCUT2D eigenvalue weighted by molar-refractivity contribution is 6.02. The molecule has 0 spiro atoms. The first kappa shape index (κ1) is 15.3. The Labute approximate surface area is 118 Å². The Kier molecular flexibility index (Phi) is 5.85. The Morgan fingerprint density at radius 2 is 2.20 bits per heavy atom. The van der Waals surface area contributed by atoms with Crippen molar-refractivity contribution in [2.75, 3.05) is 20.8 Å². The van der Waals surface area contributed by atoms with E-state index in [2.05, 4.69) is 11.9 Å². The number of methoxy groups -OCH3 is 2. The van der Waals surface area contributed by atoms with Gasteiger partial charge in [0, 0.05) is 18.2 Å². The van der Waals surface area contributed by atoms with Crippen LogP contribution in [0.5, 0.6) is 11.5 Å². The summed E-state index contributed by atoms with van der Waals surface area (Å²) in [5.41, 5.74) is 0.619. The van der Waals surface area contributed by atoms with Crippen molar-refractivity contribution in [1.82, 2.24) is 5.32 Å². The van der Waals surface area contributed by atoms with E-state index in [9.17, 15) is 4.79 Å². The first-order chi connectivity index (χ1) is 9.65. The van der Waals surface area contributed by atoms with Crippen molar-refractivity contribution in [2.45, 2.75) is 0 Å². The lowest BCUT2D eigenvalue weighted by Gasteiger charge is -2.08. The fourth-order valence-electron chi connectivity index (χ4n) is 1.50. The lowest BCUT2D eigenvalue weighted by Crippen LogP contribution is -2.24. The van der Waals surface area contributed by atoms with Gasteiger partial charge in [0.15, 0.2) is 0 Å². The molecular formula is C15H16N2O3. The SMILES string of the molecule is C=CCNC(=O)C(C#N)=Cc1ccc(OC)cc1OC.